The number of aryl methyl sites for hydroxylation is 1. The van der Waals surface area contributed by atoms with Gasteiger partial charge in [-0.15, -0.1) is 0 Å². The van der Waals surface area contributed by atoms with E-state index in [1.165, 1.54) is 12.7 Å². The number of fused-ring (bicyclic) bond motifs is 2. The van der Waals surface area contributed by atoms with Gasteiger partial charge in [0.2, 0.25) is 0 Å². The van der Waals surface area contributed by atoms with E-state index < -0.39 is 11.9 Å². The number of Topliss-reactive ketones (excluding diaryl/α,β-unsaturated/α-hetero) is 1. The third-order valence-electron chi connectivity index (χ3n) is 6.46. The smallest absolute Gasteiger partial charge is 0.336 e. The summed E-state index contributed by atoms with van der Waals surface area (Å²) in [5.74, 6) is -0.441. The zero-order valence-corrected chi connectivity index (χ0v) is 21.2. The minimum Gasteiger partial charge on any atom is -0.488 e. The number of ketones is 1. The molecule has 5 rings (SSSR count). The first-order chi connectivity index (χ1) is 16.9. The molecular weight excluding hydrogens is 506 g/mol. The number of halogens is 1. The number of nitrogens with one attached hydrogen (secondary N) is 1. The van der Waals surface area contributed by atoms with Gasteiger partial charge in [-0.1, -0.05) is 60.2 Å². The van der Waals surface area contributed by atoms with Crippen molar-refractivity contribution in [2.75, 3.05) is 7.11 Å². The third-order valence-corrected chi connectivity index (χ3v) is 7.08. The number of esters is 1. The van der Waals surface area contributed by atoms with Crippen molar-refractivity contribution in [1.29, 1.82) is 0 Å². The van der Waals surface area contributed by atoms with Crippen LogP contribution in [0, 0.1) is 6.92 Å². The maximum atomic E-state index is 13.5. The van der Waals surface area contributed by atoms with Crippen LogP contribution >= 0.6 is 15.9 Å². The van der Waals surface area contributed by atoms with E-state index in [1.807, 2.05) is 68.4 Å². The molecule has 0 amide bonds. The van der Waals surface area contributed by atoms with Crippen LogP contribution in [-0.4, -0.2) is 18.9 Å². The van der Waals surface area contributed by atoms with Gasteiger partial charge in [0.05, 0.1) is 22.9 Å². The first-order valence-corrected chi connectivity index (χ1v) is 12.1. The Balaban J connectivity index is 1.53. The number of rotatable bonds is 5. The molecule has 6 heteroatoms. The van der Waals surface area contributed by atoms with Crippen LogP contribution in [0.25, 0.3) is 5.70 Å². The lowest BCUT2D eigenvalue weighted by molar-refractivity contribution is -0.136. The van der Waals surface area contributed by atoms with Crippen LogP contribution in [0.2, 0.25) is 0 Å². The van der Waals surface area contributed by atoms with Crippen molar-refractivity contribution >= 4 is 33.4 Å². The number of hydrogen-bond donors (Lipinski definition) is 1. The van der Waals surface area contributed by atoms with Crippen LogP contribution in [0.5, 0.6) is 5.75 Å². The Morgan fingerprint density at radius 2 is 1.71 bits per heavy atom. The highest BCUT2D eigenvalue weighted by molar-refractivity contribution is 9.10. The minimum absolute atomic E-state index is 0.0853. The van der Waals surface area contributed by atoms with Gasteiger partial charge in [0, 0.05) is 28.3 Å². The van der Waals surface area contributed by atoms with Crippen LogP contribution in [0.3, 0.4) is 0 Å². The van der Waals surface area contributed by atoms with E-state index in [0.29, 0.717) is 34.8 Å². The van der Waals surface area contributed by atoms with Gasteiger partial charge in [-0.3, -0.25) is 4.79 Å². The highest BCUT2D eigenvalue weighted by Gasteiger charge is 2.42. The molecule has 0 bridgehead atoms. The molecule has 1 aliphatic carbocycles. The molecule has 3 aromatic rings. The summed E-state index contributed by atoms with van der Waals surface area (Å²) in [5.41, 5.74) is 6.94. The number of dihydropyridines is 1. The molecule has 0 radical (unpaired) electrons. The fraction of sp³-hybridized carbons (Fsp3) is 0.172. The summed E-state index contributed by atoms with van der Waals surface area (Å²) in [4.78, 5) is 26.4. The predicted octanol–water partition coefficient (Wildman–Crippen LogP) is 6.08. The van der Waals surface area contributed by atoms with E-state index in [2.05, 4.69) is 33.4 Å². The van der Waals surface area contributed by atoms with Gasteiger partial charge in [0.25, 0.3) is 0 Å². The van der Waals surface area contributed by atoms with Crippen molar-refractivity contribution in [3.63, 3.8) is 0 Å². The van der Waals surface area contributed by atoms with Gasteiger partial charge in [0.15, 0.2) is 5.78 Å². The number of allylic oxidation sites excluding steroid dienone is 2. The number of hydrogen-bond acceptors (Lipinski definition) is 5. The summed E-state index contributed by atoms with van der Waals surface area (Å²) in [6.07, 6.45) is 0. The first kappa shape index (κ1) is 23.1. The third kappa shape index (κ3) is 4.08. The van der Waals surface area contributed by atoms with E-state index in [1.54, 1.807) is 0 Å². The van der Waals surface area contributed by atoms with Crippen molar-refractivity contribution in [3.8, 4) is 5.75 Å². The zero-order chi connectivity index (χ0) is 24.7. The normalized spacial score (nSPS) is 16.6. The molecule has 5 nitrogen and oxygen atoms in total. The molecule has 2 aliphatic rings. The Labute approximate surface area is 212 Å². The van der Waals surface area contributed by atoms with Crippen molar-refractivity contribution < 1.29 is 19.1 Å². The summed E-state index contributed by atoms with van der Waals surface area (Å²) in [6.45, 7) is 4.32. The van der Waals surface area contributed by atoms with Gasteiger partial charge in [-0.25, -0.2) is 4.79 Å². The molecule has 0 fully saturated rings. The zero-order valence-electron chi connectivity index (χ0n) is 19.6. The molecule has 0 unspecified atom stereocenters. The first-order valence-electron chi connectivity index (χ1n) is 11.3. The lowest BCUT2D eigenvalue weighted by atomic mass is 9.80. The number of benzene rings is 3. The standard InChI is InChI=1S/C29H24BrNO4/c1-16-8-10-18(11-9-16)15-35-23-13-12-19(14-22(23)30)25-24(29(33)34-3)17(2)31-27-20-6-4-5-7-21(20)28(32)26(25)27/h4-14,25,31H,15H2,1-3H3/t25-/m0/s1. The molecule has 1 atom stereocenters. The Kier molecular flexibility index (Phi) is 6.07. The molecular formula is C29H24BrNO4. The molecule has 1 heterocycles. The molecule has 3 aromatic carbocycles. The fourth-order valence-electron chi connectivity index (χ4n) is 4.70. The lowest BCUT2D eigenvalue weighted by Crippen LogP contribution is -2.29. The summed E-state index contributed by atoms with van der Waals surface area (Å²) in [7, 11) is 1.35. The Morgan fingerprint density at radius 1 is 1.00 bits per heavy atom. The van der Waals surface area contributed by atoms with Gasteiger partial charge in [-0.2, -0.15) is 0 Å². The number of carbonyl (C=O) groups excluding carboxylic acids is 2. The molecule has 176 valence electrons. The average Bonchev–Trinajstić information content (AvgIpc) is 3.14. The highest BCUT2D eigenvalue weighted by atomic mass is 79.9. The Hall–Kier alpha value is -3.64. The Morgan fingerprint density at radius 3 is 2.40 bits per heavy atom. The van der Waals surface area contributed by atoms with Crippen LogP contribution in [-0.2, 0) is 16.1 Å². The van der Waals surface area contributed by atoms with E-state index in [4.69, 9.17) is 9.47 Å². The monoisotopic (exact) mass is 529 g/mol. The topological polar surface area (TPSA) is 64.6 Å². The minimum atomic E-state index is -0.568. The summed E-state index contributed by atoms with van der Waals surface area (Å²) < 4.78 is 11.9. The summed E-state index contributed by atoms with van der Waals surface area (Å²) in [5, 5.41) is 3.30. The van der Waals surface area contributed by atoms with Crippen LogP contribution < -0.4 is 10.1 Å². The highest BCUT2D eigenvalue weighted by Crippen LogP contribution is 2.47. The second-order valence-electron chi connectivity index (χ2n) is 8.72. The van der Waals surface area contributed by atoms with Gasteiger partial charge in [0.1, 0.15) is 12.4 Å². The van der Waals surface area contributed by atoms with E-state index in [-0.39, 0.29) is 5.78 Å². The van der Waals surface area contributed by atoms with Gasteiger partial charge in [-0.05, 0) is 53.0 Å². The van der Waals surface area contributed by atoms with Crippen molar-refractivity contribution in [1.82, 2.24) is 5.32 Å². The molecule has 0 saturated carbocycles. The predicted molar refractivity (Wildman–Crippen MR) is 138 cm³/mol. The fourth-order valence-corrected chi connectivity index (χ4v) is 5.21. The van der Waals surface area contributed by atoms with Gasteiger partial charge < -0.3 is 14.8 Å². The maximum Gasteiger partial charge on any atom is 0.336 e. The SMILES string of the molecule is COC(=O)C1=C(C)NC2=C(C(=O)c3ccccc32)[C@H]1c1ccc(OCc2ccc(C)cc2)c(Br)c1. The Bertz CT molecular complexity index is 1420. The lowest BCUT2D eigenvalue weighted by Gasteiger charge is -2.29. The quantitative estimate of drug-likeness (QED) is 0.406. The van der Waals surface area contributed by atoms with Crippen LogP contribution in [0.15, 0.2) is 88.0 Å². The summed E-state index contributed by atoms with van der Waals surface area (Å²) >= 11 is 3.63. The number of carbonyl (C=O) groups is 2. The van der Waals surface area contributed by atoms with E-state index >= 15 is 0 Å². The van der Waals surface area contributed by atoms with Crippen molar-refractivity contribution in [2.24, 2.45) is 0 Å². The number of methoxy groups -OCH3 is 1. The molecule has 0 saturated heterocycles. The second-order valence-corrected chi connectivity index (χ2v) is 9.57. The van der Waals surface area contributed by atoms with Crippen LogP contribution in [0.4, 0.5) is 0 Å². The molecule has 0 aromatic heterocycles. The largest absolute Gasteiger partial charge is 0.488 e. The second kappa shape index (κ2) is 9.19. The van der Waals surface area contributed by atoms with Crippen molar-refractivity contribution in [3.05, 3.63) is 116 Å². The van der Waals surface area contributed by atoms with Crippen LogP contribution in [0.1, 0.15) is 45.5 Å². The van der Waals surface area contributed by atoms with Crippen molar-refractivity contribution in [2.45, 2.75) is 26.4 Å². The maximum absolute atomic E-state index is 13.5. The average molecular weight is 530 g/mol. The van der Waals surface area contributed by atoms with Gasteiger partial charge >= 0.3 is 5.97 Å². The van der Waals surface area contributed by atoms with E-state index in [9.17, 15) is 9.59 Å². The molecule has 0 spiro atoms. The number of ether oxygens (including phenoxy) is 2. The molecule has 1 N–H and O–H groups in total. The van der Waals surface area contributed by atoms with E-state index in [0.717, 1.165) is 26.9 Å². The summed E-state index contributed by atoms with van der Waals surface area (Å²) in [6, 6.07) is 21.4. The molecule has 35 heavy (non-hydrogen) atoms. The molecule has 1 aliphatic heterocycles.